The molecule has 1 aromatic heterocycles. The Morgan fingerprint density at radius 2 is 1.89 bits per heavy atom. The molecular weight excluding hydrogens is 338 g/mol. The minimum atomic E-state index is 0.146. The average Bonchev–Trinajstić information content (AvgIpc) is 3.31. The largest absolute Gasteiger partial charge is 0.377 e. The summed E-state index contributed by atoms with van der Waals surface area (Å²) >= 11 is 0. The zero-order chi connectivity index (χ0) is 18.6. The average molecular weight is 370 g/mol. The van der Waals surface area contributed by atoms with Crippen LogP contribution in [0.15, 0.2) is 30.5 Å². The van der Waals surface area contributed by atoms with E-state index < -0.39 is 0 Å². The number of rotatable bonds is 7. The first-order chi connectivity index (χ1) is 13.2. The smallest absolute Gasteiger partial charge is 0.161 e. The number of carbonyl (C=O) groups excluding carboxylic acids is 1. The Morgan fingerprint density at radius 3 is 2.63 bits per heavy atom. The lowest BCUT2D eigenvalue weighted by atomic mass is 10.1. The second-order valence-corrected chi connectivity index (χ2v) is 7.94. The van der Waals surface area contributed by atoms with E-state index in [1.54, 1.807) is 6.92 Å². The first-order valence-electron chi connectivity index (χ1n) is 10.4. The normalized spacial score (nSPS) is 21.9. The molecule has 0 saturated carbocycles. The second kappa shape index (κ2) is 8.55. The highest BCUT2D eigenvalue weighted by Crippen LogP contribution is 2.22. The van der Waals surface area contributed by atoms with Crippen LogP contribution in [0.4, 0.5) is 0 Å². The molecule has 0 aliphatic carbocycles. The van der Waals surface area contributed by atoms with Crippen LogP contribution in [0.3, 0.4) is 0 Å². The van der Waals surface area contributed by atoms with Gasteiger partial charge in [-0.2, -0.15) is 0 Å². The maximum atomic E-state index is 11.9. The molecule has 2 fully saturated rings. The van der Waals surface area contributed by atoms with Crippen LogP contribution in [0.1, 0.15) is 36.5 Å². The molecule has 2 aliphatic heterocycles. The highest BCUT2D eigenvalue weighted by atomic mass is 16.5. The van der Waals surface area contributed by atoms with E-state index in [-0.39, 0.29) is 5.78 Å². The molecule has 0 N–H and O–H groups in total. The molecule has 1 atom stereocenters. The maximum Gasteiger partial charge on any atom is 0.161 e. The summed E-state index contributed by atoms with van der Waals surface area (Å²) in [6.45, 7) is 10.4. The Kier molecular flexibility index (Phi) is 5.91. The third-order valence-electron chi connectivity index (χ3n) is 5.99. The fourth-order valence-electron chi connectivity index (χ4n) is 4.45. The molecule has 5 nitrogen and oxygen atoms in total. The lowest BCUT2D eigenvalue weighted by Gasteiger charge is -2.35. The van der Waals surface area contributed by atoms with Crippen LogP contribution >= 0.6 is 0 Å². The summed E-state index contributed by atoms with van der Waals surface area (Å²) in [7, 11) is 0. The van der Waals surface area contributed by atoms with Crippen LogP contribution in [0.25, 0.3) is 10.9 Å². The third kappa shape index (κ3) is 4.42. The van der Waals surface area contributed by atoms with Crippen molar-refractivity contribution in [1.29, 1.82) is 0 Å². The van der Waals surface area contributed by atoms with Crippen molar-refractivity contribution >= 4 is 16.7 Å². The van der Waals surface area contributed by atoms with Gasteiger partial charge in [-0.3, -0.25) is 9.69 Å². The molecule has 3 heterocycles. The zero-order valence-corrected chi connectivity index (χ0v) is 16.4. The molecule has 1 unspecified atom stereocenters. The van der Waals surface area contributed by atoms with Crippen molar-refractivity contribution < 1.29 is 9.53 Å². The monoisotopic (exact) mass is 369 g/mol. The summed E-state index contributed by atoms with van der Waals surface area (Å²) in [5.74, 6) is 0.146. The number of carbonyl (C=O) groups is 1. The zero-order valence-electron chi connectivity index (χ0n) is 16.4. The Labute approximate surface area is 161 Å². The van der Waals surface area contributed by atoms with Gasteiger partial charge in [0.05, 0.1) is 6.10 Å². The molecule has 146 valence electrons. The van der Waals surface area contributed by atoms with Gasteiger partial charge in [-0.1, -0.05) is 18.2 Å². The van der Waals surface area contributed by atoms with Gasteiger partial charge in [-0.15, -0.1) is 0 Å². The topological polar surface area (TPSA) is 37.7 Å². The van der Waals surface area contributed by atoms with Gasteiger partial charge in [0.25, 0.3) is 0 Å². The standard InChI is InChI=1S/C22H31N3O2/c1-18(26)21-17-25(22-8-3-2-7-20(21)22)10-5-9-23-11-13-24(14-12-23)16-19-6-4-15-27-19/h2-3,7-8,17,19H,4-6,9-16H2,1H3. The number of Topliss-reactive ketones (excluding diaryl/α,β-unsaturated/α-hetero) is 1. The van der Waals surface area contributed by atoms with E-state index in [9.17, 15) is 4.79 Å². The Morgan fingerprint density at radius 1 is 1.11 bits per heavy atom. The summed E-state index contributed by atoms with van der Waals surface area (Å²) in [5.41, 5.74) is 2.01. The summed E-state index contributed by atoms with van der Waals surface area (Å²) in [5, 5.41) is 1.08. The second-order valence-electron chi connectivity index (χ2n) is 7.94. The number of fused-ring (bicyclic) bond motifs is 1. The van der Waals surface area contributed by atoms with Gasteiger partial charge in [0, 0.05) is 68.5 Å². The molecule has 0 radical (unpaired) electrons. The van der Waals surface area contributed by atoms with Crippen LogP contribution in [0.2, 0.25) is 0 Å². The van der Waals surface area contributed by atoms with Crippen molar-refractivity contribution in [3.05, 3.63) is 36.0 Å². The van der Waals surface area contributed by atoms with E-state index in [2.05, 4.69) is 32.6 Å². The fourth-order valence-corrected chi connectivity index (χ4v) is 4.45. The Hall–Kier alpha value is -1.69. The van der Waals surface area contributed by atoms with E-state index in [1.807, 2.05) is 12.3 Å². The third-order valence-corrected chi connectivity index (χ3v) is 5.99. The van der Waals surface area contributed by atoms with Crippen LogP contribution < -0.4 is 0 Å². The van der Waals surface area contributed by atoms with Gasteiger partial charge in [0.1, 0.15) is 0 Å². The molecule has 2 aromatic rings. The van der Waals surface area contributed by atoms with Gasteiger partial charge < -0.3 is 14.2 Å². The highest BCUT2D eigenvalue weighted by Gasteiger charge is 2.22. The summed E-state index contributed by atoms with van der Waals surface area (Å²) in [4.78, 5) is 17.0. The van der Waals surface area contributed by atoms with Crippen LogP contribution in [-0.4, -0.2) is 72.1 Å². The number of ketones is 1. The maximum absolute atomic E-state index is 11.9. The fraction of sp³-hybridized carbons (Fsp3) is 0.591. The predicted octanol–water partition coefficient (Wildman–Crippen LogP) is 3.03. The van der Waals surface area contributed by atoms with E-state index in [0.717, 1.165) is 69.8 Å². The van der Waals surface area contributed by atoms with E-state index in [0.29, 0.717) is 6.10 Å². The first kappa shape index (κ1) is 18.7. The van der Waals surface area contributed by atoms with Crippen molar-refractivity contribution in [3.8, 4) is 0 Å². The molecule has 2 saturated heterocycles. The number of benzene rings is 1. The molecular formula is C22H31N3O2. The van der Waals surface area contributed by atoms with Gasteiger partial charge in [0.15, 0.2) is 5.78 Å². The number of nitrogens with zero attached hydrogens (tertiary/aromatic N) is 3. The molecule has 0 bridgehead atoms. The number of piperazine rings is 1. The number of hydrogen-bond acceptors (Lipinski definition) is 4. The van der Waals surface area contributed by atoms with Crippen LogP contribution in [-0.2, 0) is 11.3 Å². The van der Waals surface area contributed by atoms with Gasteiger partial charge in [-0.05, 0) is 38.8 Å². The summed E-state index contributed by atoms with van der Waals surface area (Å²) in [6.07, 6.45) is 6.07. The summed E-state index contributed by atoms with van der Waals surface area (Å²) in [6, 6.07) is 8.23. The molecule has 5 heteroatoms. The molecule has 0 amide bonds. The molecule has 1 aromatic carbocycles. The van der Waals surface area contributed by atoms with Gasteiger partial charge >= 0.3 is 0 Å². The quantitative estimate of drug-likeness (QED) is 0.703. The van der Waals surface area contributed by atoms with Crippen molar-refractivity contribution in [2.24, 2.45) is 0 Å². The van der Waals surface area contributed by atoms with Crippen LogP contribution in [0.5, 0.6) is 0 Å². The number of aromatic nitrogens is 1. The lowest BCUT2D eigenvalue weighted by molar-refractivity contribution is 0.0501. The van der Waals surface area contributed by atoms with Crippen molar-refractivity contribution in [3.63, 3.8) is 0 Å². The minimum Gasteiger partial charge on any atom is -0.377 e. The van der Waals surface area contributed by atoms with Crippen molar-refractivity contribution in [2.45, 2.75) is 38.8 Å². The van der Waals surface area contributed by atoms with Gasteiger partial charge in [-0.25, -0.2) is 0 Å². The minimum absolute atomic E-state index is 0.146. The number of ether oxygens (including phenoxy) is 1. The predicted molar refractivity (Wildman–Crippen MR) is 108 cm³/mol. The van der Waals surface area contributed by atoms with E-state index in [1.165, 1.54) is 18.4 Å². The number of hydrogen-bond donors (Lipinski definition) is 0. The molecule has 0 spiro atoms. The first-order valence-corrected chi connectivity index (χ1v) is 10.4. The number of para-hydroxylation sites is 1. The van der Waals surface area contributed by atoms with Gasteiger partial charge in [0.2, 0.25) is 0 Å². The SMILES string of the molecule is CC(=O)c1cn(CCCN2CCN(CC3CCCO3)CC2)c2ccccc12. The molecule has 27 heavy (non-hydrogen) atoms. The van der Waals surface area contributed by atoms with Crippen molar-refractivity contribution in [1.82, 2.24) is 14.4 Å². The summed E-state index contributed by atoms with van der Waals surface area (Å²) < 4.78 is 8.02. The highest BCUT2D eigenvalue weighted by molar-refractivity contribution is 6.06. The lowest BCUT2D eigenvalue weighted by Crippen LogP contribution is -2.48. The van der Waals surface area contributed by atoms with Crippen molar-refractivity contribution in [2.75, 3.05) is 45.9 Å². The molecule has 2 aliphatic rings. The Bertz CT molecular complexity index is 771. The van der Waals surface area contributed by atoms with Crippen LogP contribution in [0, 0.1) is 0 Å². The van der Waals surface area contributed by atoms with E-state index >= 15 is 0 Å². The molecule has 4 rings (SSSR count). The van der Waals surface area contributed by atoms with E-state index in [4.69, 9.17) is 4.74 Å². The number of aryl methyl sites for hydroxylation is 1. The Balaban J connectivity index is 1.26.